The van der Waals surface area contributed by atoms with Crippen molar-refractivity contribution in [1.29, 1.82) is 0 Å². The molecule has 1 atom stereocenters. The molecule has 0 amide bonds. The standard InChI is InChI=1S/C13H18N4O2S/c1-3-17-9-12(13(14)15-17)20(18,19)16-10(2)11-7-5-4-6-8-11/h4-10,16H,3H2,1-2H3,(H2,14,15). The Morgan fingerprint density at radius 2 is 2.00 bits per heavy atom. The number of hydrogen-bond donors (Lipinski definition) is 2. The fourth-order valence-corrected chi connectivity index (χ4v) is 3.20. The second-order valence-corrected chi connectivity index (χ2v) is 6.17. The van der Waals surface area contributed by atoms with Crippen molar-refractivity contribution in [2.45, 2.75) is 31.3 Å². The highest BCUT2D eigenvalue weighted by molar-refractivity contribution is 7.89. The van der Waals surface area contributed by atoms with E-state index >= 15 is 0 Å². The second-order valence-electron chi connectivity index (χ2n) is 4.49. The monoisotopic (exact) mass is 294 g/mol. The minimum atomic E-state index is -3.69. The first-order valence-corrected chi connectivity index (χ1v) is 7.82. The van der Waals surface area contributed by atoms with Crippen LogP contribution in [0.1, 0.15) is 25.5 Å². The van der Waals surface area contributed by atoms with Crippen molar-refractivity contribution in [1.82, 2.24) is 14.5 Å². The molecule has 0 saturated heterocycles. The molecule has 0 fully saturated rings. The summed E-state index contributed by atoms with van der Waals surface area (Å²) in [4.78, 5) is 0.0159. The molecular weight excluding hydrogens is 276 g/mol. The van der Waals surface area contributed by atoms with Gasteiger partial charge in [-0.1, -0.05) is 30.3 Å². The number of sulfonamides is 1. The average molecular weight is 294 g/mol. The van der Waals surface area contributed by atoms with E-state index in [4.69, 9.17) is 5.73 Å². The zero-order chi connectivity index (χ0) is 14.8. The summed E-state index contributed by atoms with van der Waals surface area (Å²) in [5.41, 5.74) is 6.55. The predicted molar refractivity (Wildman–Crippen MR) is 77.5 cm³/mol. The molecule has 2 rings (SSSR count). The first kappa shape index (κ1) is 14.5. The Morgan fingerprint density at radius 3 is 2.55 bits per heavy atom. The fourth-order valence-electron chi connectivity index (χ4n) is 1.89. The van der Waals surface area contributed by atoms with Crippen molar-refractivity contribution < 1.29 is 8.42 Å². The molecule has 0 saturated carbocycles. The maximum atomic E-state index is 12.3. The highest BCUT2D eigenvalue weighted by atomic mass is 32.2. The van der Waals surface area contributed by atoms with Gasteiger partial charge < -0.3 is 5.73 Å². The third-order valence-electron chi connectivity index (χ3n) is 3.00. The Bertz CT molecular complexity index is 680. The van der Waals surface area contributed by atoms with Crippen LogP contribution in [0.3, 0.4) is 0 Å². The Morgan fingerprint density at radius 1 is 1.35 bits per heavy atom. The third-order valence-corrected chi connectivity index (χ3v) is 4.56. The van der Waals surface area contributed by atoms with E-state index in [1.807, 2.05) is 37.3 Å². The van der Waals surface area contributed by atoms with Crippen molar-refractivity contribution in [2.75, 3.05) is 5.73 Å². The summed E-state index contributed by atoms with van der Waals surface area (Å²) in [6.45, 7) is 4.21. The SMILES string of the molecule is CCn1cc(S(=O)(=O)NC(C)c2ccccc2)c(N)n1. The van der Waals surface area contributed by atoms with Crippen LogP contribution in [-0.4, -0.2) is 18.2 Å². The van der Waals surface area contributed by atoms with Gasteiger partial charge in [-0.05, 0) is 19.4 Å². The van der Waals surface area contributed by atoms with Crippen LogP contribution in [0.2, 0.25) is 0 Å². The number of hydrogen-bond acceptors (Lipinski definition) is 4. The molecule has 1 unspecified atom stereocenters. The lowest BCUT2D eigenvalue weighted by molar-refractivity contribution is 0.567. The number of nitrogens with two attached hydrogens (primary N) is 1. The largest absolute Gasteiger partial charge is 0.381 e. The molecule has 6 nitrogen and oxygen atoms in total. The van der Waals surface area contributed by atoms with Crippen LogP contribution in [0.15, 0.2) is 41.4 Å². The van der Waals surface area contributed by atoms with Crippen LogP contribution in [0, 0.1) is 0 Å². The first-order chi connectivity index (χ1) is 9.44. The molecule has 0 aliphatic carbocycles. The Balaban J connectivity index is 2.25. The molecule has 2 aromatic rings. The maximum Gasteiger partial charge on any atom is 0.246 e. The summed E-state index contributed by atoms with van der Waals surface area (Å²) in [5, 5.41) is 3.95. The normalized spacial score (nSPS) is 13.3. The molecule has 0 radical (unpaired) electrons. The highest BCUT2D eigenvalue weighted by Gasteiger charge is 2.23. The zero-order valence-corrected chi connectivity index (χ0v) is 12.3. The van der Waals surface area contributed by atoms with Crippen molar-refractivity contribution in [2.24, 2.45) is 0 Å². The van der Waals surface area contributed by atoms with E-state index in [0.29, 0.717) is 6.54 Å². The van der Waals surface area contributed by atoms with E-state index in [1.165, 1.54) is 10.9 Å². The van der Waals surface area contributed by atoms with Gasteiger partial charge in [-0.15, -0.1) is 0 Å². The molecule has 0 aliphatic heterocycles. The molecule has 1 aromatic heterocycles. The fraction of sp³-hybridized carbons (Fsp3) is 0.308. The number of aryl methyl sites for hydroxylation is 1. The van der Waals surface area contributed by atoms with Crippen LogP contribution in [0.25, 0.3) is 0 Å². The summed E-state index contributed by atoms with van der Waals surface area (Å²) in [6, 6.07) is 9.00. The van der Waals surface area contributed by atoms with Gasteiger partial charge >= 0.3 is 0 Å². The summed E-state index contributed by atoms with van der Waals surface area (Å²) < 4.78 is 28.7. The van der Waals surface area contributed by atoms with Crippen molar-refractivity contribution >= 4 is 15.8 Å². The minimum absolute atomic E-state index is 0.0135. The predicted octanol–water partition coefficient (Wildman–Crippen LogP) is 1.52. The molecule has 3 N–H and O–H groups in total. The van der Waals surface area contributed by atoms with Crippen LogP contribution in [0.4, 0.5) is 5.82 Å². The molecule has 20 heavy (non-hydrogen) atoms. The molecule has 1 aromatic carbocycles. The van der Waals surface area contributed by atoms with E-state index in [1.54, 1.807) is 6.92 Å². The van der Waals surface area contributed by atoms with E-state index in [-0.39, 0.29) is 16.8 Å². The van der Waals surface area contributed by atoms with Gasteiger partial charge in [0, 0.05) is 18.8 Å². The zero-order valence-electron chi connectivity index (χ0n) is 11.4. The summed E-state index contributed by atoms with van der Waals surface area (Å²) in [7, 11) is -3.69. The quantitative estimate of drug-likeness (QED) is 0.875. The number of nitrogens with one attached hydrogen (secondary N) is 1. The smallest absolute Gasteiger partial charge is 0.246 e. The van der Waals surface area contributed by atoms with Gasteiger partial charge in [0.2, 0.25) is 10.0 Å². The first-order valence-electron chi connectivity index (χ1n) is 6.34. The Labute approximate surface area is 118 Å². The van der Waals surface area contributed by atoms with Crippen LogP contribution in [-0.2, 0) is 16.6 Å². The minimum Gasteiger partial charge on any atom is -0.381 e. The van der Waals surface area contributed by atoms with Crippen LogP contribution < -0.4 is 10.5 Å². The lowest BCUT2D eigenvalue weighted by atomic mass is 10.1. The summed E-state index contributed by atoms with van der Waals surface area (Å²) >= 11 is 0. The third kappa shape index (κ3) is 3.00. The average Bonchev–Trinajstić information content (AvgIpc) is 2.81. The Kier molecular flexibility index (Phi) is 4.10. The highest BCUT2D eigenvalue weighted by Crippen LogP contribution is 2.20. The number of benzene rings is 1. The number of rotatable bonds is 5. The second kappa shape index (κ2) is 5.64. The molecule has 7 heteroatoms. The van der Waals surface area contributed by atoms with Gasteiger partial charge in [-0.25, -0.2) is 13.1 Å². The lowest BCUT2D eigenvalue weighted by Gasteiger charge is -2.13. The number of aromatic nitrogens is 2. The number of nitrogen functional groups attached to an aromatic ring is 1. The molecule has 1 heterocycles. The van der Waals surface area contributed by atoms with E-state index < -0.39 is 10.0 Å². The van der Waals surface area contributed by atoms with Gasteiger partial charge in [0.1, 0.15) is 4.90 Å². The number of anilines is 1. The van der Waals surface area contributed by atoms with Gasteiger partial charge in [0.25, 0.3) is 0 Å². The topological polar surface area (TPSA) is 90.0 Å². The molecule has 0 bridgehead atoms. The lowest BCUT2D eigenvalue weighted by Crippen LogP contribution is -2.27. The summed E-state index contributed by atoms with van der Waals surface area (Å²) in [5.74, 6) is 0.0135. The van der Waals surface area contributed by atoms with Crippen LogP contribution in [0.5, 0.6) is 0 Å². The molecular formula is C13H18N4O2S. The van der Waals surface area contributed by atoms with Gasteiger partial charge in [-0.2, -0.15) is 5.10 Å². The van der Waals surface area contributed by atoms with Crippen LogP contribution >= 0.6 is 0 Å². The summed E-state index contributed by atoms with van der Waals surface area (Å²) in [6.07, 6.45) is 1.44. The molecule has 0 aliphatic rings. The van der Waals surface area contributed by atoms with Gasteiger partial charge in [0.05, 0.1) is 0 Å². The molecule has 0 spiro atoms. The van der Waals surface area contributed by atoms with Crippen molar-refractivity contribution in [3.63, 3.8) is 0 Å². The van der Waals surface area contributed by atoms with Gasteiger partial charge in [0.15, 0.2) is 5.82 Å². The Hall–Kier alpha value is -1.86. The number of nitrogens with zero attached hydrogens (tertiary/aromatic N) is 2. The van der Waals surface area contributed by atoms with E-state index in [2.05, 4.69) is 9.82 Å². The van der Waals surface area contributed by atoms with Gasteiger partial charge in [-0.3, -0.25) is 4.68 Å². The van der Waals surface area contributed by atoms with E-state index in [0.717, 1.165) is 5.56 Å². The molecule has 108 valence electrons. The maximum absolute atomic E-state index is 12.3. The van der Waals surface area contributed by atoms with Crippen molar-refractivity contribution in [3.8, 4) is 0 Å². The van der Waals surface area contributed by atoms with E-state index in [9.17, 15) is 8.42 Å². The van der Waals surface area contributed by atoms with Crippen molar-refractivity contribution in [3.05, 3.63) is 42.1 Å².